The van der Waals surface area contributed by atoms with Crippen LogP contribution in [-0.2, 0) is 6.42 Å². The summed E-state index contributed by atoms with van der Waals surface area (Å²) in [5.74, 6) is -0.380. The van der Waals surface area contributed by atoms with Crippen molar-refractivity contribution >= 4 is 11.1 Å². The number of benzene rings is 1. The molecule has 0 amide bonds. The summed E-state index contributed by atoms with van der Waals surface area (Å²) in [5.41, 5.74) is 2.58. The number of unbranched alkanes of at least 4 members (excludes halogenated alkanes) is 2. The summed E-state index contributed by atoms with van der Waals surface area (Å²) in [4.78, 5) is 13.7. The zero-order valence-electron chi connectivity index (χ0n) is 8.58. The van der Waals surface area contributed by atoms with Crippen molar-refractivity contribution in [3.63, 3.8) is 0 Å². The van der Waals surface area contributed by atoms with Crippen molar-refractivity contribution in [2.75, 3.05) is 0 Å². The average molecular weight is 204 g/mol. The normalized spacial score (nSPS) is 11.0. The van der Waals surface area contributed by atoms with Gasteiger partial charge in [0.1, 0.15) is 0 Å². The van der Waals surface area contributed by atoms with Crippen LogP contribution in [-0.4, -0.2) is 4.98 Å². The zero-order valence-corrected chi connectivity index (χ0v) is 8.58. The molecule has 0 saturated carbocycles. The minimum absolute atomic E-state index is 0.380. The number of nitrogens with one attached hydrogen (secondary N) is 1. The van der Waals surface area contributed by atoms with Gasteiger partial charge < -0.3 is 4.42 Å². The summed E-state index contributed by atoms with van der Waals surface area (Å²) in [7, 11) is 0. The summed E-state index contributed by atoms with van der Waals surface area (Å²) in [6.07, 6.45) is 4.07. The molecule has 0 atom stereocenters. The van der Waals surface area contributed by atoms with Gasteiger partial charge in [-0.1, -0.05) is 31.9 Å². The lowest BCUT2D eigenvalue weighted by Crippen LogP contribution is -1.92. The SMILES string of the molecule is [CH2]CCCCc1cccc2[nH]c(=O)oc12. The predicted molar refractivity (Wildman–Crippen MR) is 59.7 cm³/mol. The van der Waals surface area contributed by atoms with E-state index in [0.717, 1.165) is 36.8 Å². The molecule has 0 bridgehead atoms. The molecule has 1 aromatic heterocycles. The van der Waals surface area contributed by atoms with Gasteiger partial charge in [0, 0.05) is 0 Å². The molecular weight excluding hydrogens is 190 g/mol. The molecule has 3 nitrogen and oxygen atoms in total. The molecule has 3 heteroatoms. The van der Waals surface area contributed by atoms with Crippen LogP contribution in [0.2, 0.25) is 0 Å². The van der Waals surface area contributed by atoms with Gasteiger partial charge in [-0.25, -0.2) is 4.79 Å². The lowest BCUT2D eigenvalue weighted by molar-refractivity contribution is 0.550. The van der Waals surface area contributed by atoms with E-state index < -0.39 is 0 Å². The molecule has 79 valence electrons. The van der Waals surface area contributed by atoms with Crippen molar-refractivity contribution in [1.29, 1.82) is 0 Å². The highest BCUT2D eigenvalue weighted by molar-refractivity contribution is 5.75. The second-order valence-electron chi connectivity index (χ2n) is 3.62. The Morgan fingerprint density at radius 2 is 2.20 bits per heavy atom. The first-order valence-electron chi connectivity index (χ1n) is 5.21. The number of aryl methyl sites for hydroxylation is 1. The molecular formula is C12H14NO2. The molecule has 0 aliphatic rings. The number of aromatic nitrogens is 1. The van der Waals surface area contributed by atoms with Crippen LogP contribution in [0.4, 0.5) is 0 Å². The van der Waals surface area contributed by atoms with Crippen LogP contribution in [0.1, 0.15) is 24.8 Å². The number of hydrogen-bond donors (Lipinski definition) is 1. The number of fused-ring (bicyclic) bond motifs is 1. The molecule has 0 saturated heterocycles. The van der Waals surface area contributed by atoms with Crippen LogP contribution >= 0.6 is 0 Å². The minimum Gasteiger partial charge on any atom is -0.408 e. The lowest BCUT2D eigenvalue weighted by Gasteiger charge is -2.00. The van der Waals surface area contributed by atoms with Crippen molar-refractivity contribution in [2.45, 2.75) is 25.7 Å². The van der Waals surface area contributed by atoms with Gasteiger partial charge in [-0.2, -0.15) is 0 Å². The number of rotatable bonds is 4. The highest BCUT2D eigenvalue weighted by Crippen LogP contribution is 2.17. The highest BCUT2D eigenvalue weighted by Gasteiger charge is 2.05. The van der Waals surface area contributed by atoms with Crippen molar-refractivity contribution in [3.05, 3.63) is 41.2 Å². The van der Waals surface area contributed by atoms with E-state index in [4.69, 9.17) is 4.42 Å². The second-order valence-corrected chi connectivity index (χ2v) is 3.62. The first kappa shape index (κ1) is 10.0. The number of H-pyrrole nitrogens is 1. The molecule has 2 aromatic rings. The molecule has 0 spiro atoms. The summed E-state index contributed by atoms with van der Waals surface area (Å²) >= 11 is 0. The Balaban J connectivity index is 2.29. The van der Waals surface area contributed by atoms with Gasteiger partial charge in [0.15, 0.2) is 5.58 Å². The monoisotopic (exact) mass is 204 g/mol. The molecule has 0 aliphatic carbocycles. The van der Waals surface area contributed by atoms with Gasteiger partial charge in [0.05, 0.1) is 5.52 Å². The van der Waals surface area contributed by atoms with Crippen molar-refractivity contribution in [2.24, 2.45) is 0 Å². The van der Waals surface area contributed by atoms with Crippen molar-refractivity contribution in [3.8, 4) is 0 Å². The minimum atomic E-state index is -0.380. The van der Waals surface area contributed by atoms with Crippen molar-refractivity contribution < 1.29 is 4.42 Å². The van der Waals surface area contributed by atoms with Crippen LogP contribution < -0.4 is 5.76 Å². The average Bonchev–Trinajstić information content (AvgIpc) is 2.59. The van der Waals surface area contributed by atoms with Crippen LogP contribution in [0, 0.1) is 6.92 Å². The fraction of sp³-hybridized carbons (Fsp3) is 0.333. The molecule has 1 N–H and O–H groups in total. The molecule has 1 radical (unpaired) electrons. The van der Waals surface area contributed by atoms with Crippen LogP contribution in [0.15, 0.2) is 27.4 Å². The third-order valence-electron chi connectivity index (χ3n) is 2.47. The maximum Gasteiger partial charge on any atom is 0.417 e. The fourth-order valence-electron chi connectivity index (χ4n) is 1.72. The molecule has 15 heavy (non-hydrogen) atoms. The Labute approximate surface area is 88.1 Å². The van der Waals surface area contributed by atoms with Crippen LogP contribution in [0.25, 0.3) is 11.1 Å². The van der Waals surface area contributed by atoms with Gasteiger partial charge in [-0.3, -0.25) is 4.98 Å². The summed E-state index contributed by atoms with van der Waals surface area (Å²) in [6, 6.07) is 5.79. The number of hydrogen-bond acceptors (Lipinski definition) is 2. The highest BCUT2D eigenvalue weighted by atomic mass is 16.4. The first-order chi connectivity index (χ1) is 7.31. The number of para-hydroxylation sites is 1. The van der Waals surface area contributed by atoms with E-state index in [-0.39, 0.29) is 5.76 Å². The van der Waals surface area contributed by atoms with E-state index in [2.05, 4.69) is 11.9 Å². The quantitative estimate of drug-likeness (QED) is 0.778. The molecule has 0 fully saturated rings. The predicted octanol–water partition coefficient (Wildman–Crippen LogP) is 2.67. The summed E-state index contributed by atoms with van der Waals surface area (Å²) in [6.45, 7) is 3.80. The third-order valence-corrected chi connectivity index (χ3v) is 2.47. The Kier molecular flexibility index (Phi) is 2.90. The first-order valence-corrected chi connectivity index (χ1v) is 5.21. The molecule has 2 rings (SSSR count). The van der Waals surface area contributed by atoms with Crippen molar-refractivity contribution in [1.82, 2.24) is 4.98 Å². The van der Waals surface area contributed by atoms with Gasteiger partial charge in [-0.05, 0) is 24.5 Å². The van der Waals surface area contributed by atoms with Crippen LogP contribution in [0.3, 0.4) is 0 Å². The Morgan fingerprint density at radius 1 is 1.33 bits per heavy atom. The second kappa shape index (κ2) is 4.34. The van der Waals surface area contributed by atoms with E-state index in [1.165, 1.54) is 0 Å². The van der Waals surface area contributed by atoms with E-state index in [1.54, 1.807) is 0 Å². The van der Waals surface area contributed by atoms with E-state index >= 15 is 0 Å². The maximum absolute atomic E-state index is 11.0. The third kappa shape index (κ3) is 2.12. The smallest absolute Gasteiger partial charge is 0.408 e. The standard InChI is InChI=1S/C12H14NO2/c1-2-3-4-6-9-7-5-8-10-11(9)15-12(14)13-10/h5,7-8H,1-4,6H2,(H,13,14). The topological polar surface area (TPSA) is 46.0 Å². The fourth-order valence-corrected chi connectivity index (χ4v) is 1.72. The summed E-state index contributed by atoms with van der Waals surface area (Å²) in [5, 5.41) is 0. The maximum atomic E-state index is 11.0. The molecule has 0 unspecified atom stereocenters. The van der Waals surface area contributed by atoms with Crippen LogP contribution in [0.5, 0.6) is 0 Å². The van der Waals surface area contributed by atoms with Gasteiger partial charge >= 0.3 is 5.76 Å². The summed E-state index contributed by atoms with van der Waals surface area (Å²) < 4.78 is 5.10. The largest absolute Gasteiger partial charge is 0.417 e. The molecule has 1 aromatic carbocycles. The number of oxazole rings is 1. The van der Waals surface area contributed by atoms with E-state index in [9.17, 15) is 4.79 Å². The van der Waals surface area contributed by atoms with E-state index in [0.29, 0.717) is 5.58 Å². The Hall–Kier alpha value is -1.51. The van der Waals surface area contributed by atoms with Gasteiger partial charge in [0.25, 0.3) is 0 Å². The zero-order chi connectivity index (χ0) is 10.7. The Bertz CT molecular complexity index is 496. The van der Waals surface area contributed by atoms with E-state index in [1.807, 2.05) is 18.2 Å². The van der Waals surface area contributed by atoms with Gasteiger partial charge in [0.2, 0.25) is 0 Å². The molecule has 1 heterocycles. The Morgan fingerprint density at radius 3 is 3.00 bits per heavy atom. The van der Waals surface area contributed by atoms with Gasteiger partial charge in [-0.15, -0.1) is 0 Å². The molecule has 0 aliphatic heterocycles. The number of aromatic amines is 1. The lowest BCUT2D eigenvalue weighted by atomic mass is 10.1.